The quantitative estimate of drug-likeness (QED) is 0.185. The number of hydrogen-bond donors (Lipinski definition) is 0. The van der Waals surface area contributed by atoms with Gasteiger partial charge in [-0.1, -0.05) is 85.6 Å². The molecule has 0 N–H and O–H groups in total. The lowest BCUT2D eigenvalue weighted by atomic mass is 9.77. The molecule has 7 rings (SSSR count). The molecule has 0 spiro atoms. The molecular formula is C37H30Cl2F3N5O. The third-order valence-electron chi connectivity index (χ3n) is 8.94. The van der Waals surface area contributed by atoms with Gasteiger partial charge in [-0.15, -0.1) is 0 Å². The number of carbonyl (C=O) groups is 1. The lowest BCUT2D eigenvalue weighted by molar-refractivity contribution is -0.142. The number of hydrogen-bond acceptors (Lipinski definition) is 4. The van der Waals surface area contributed by atoms with Crippen molar-refractivity contribution < 1.29 is 18.0 Å². The number of rotatable bonds is 5. The number of nitrogens with zero attached hydrogens (tertiary/aromatic N) is 5. The Labute approximate surface area is 285 Å². The smallest absolute Gasteiger partial charge is 0.265 e. The molecule has 1 saturated carbocycles. The number of fused-ring (bicyclic) bond motifs is 2. The lowest BCUT2D eigenvalue weighted by Crippen LogP contribution is -2.32. The van der Waals surface area contributed by atoms with Crippen LogP contribution < -0.4 is 0 Å². The lowest BCUT2D eigenvalue weighted by Gasteiger charge is -2.29. The Hall–Kier alpha value is -4.47. The summed E-state index contributed by atoms with van der Waals surface area (Å²) in [6.07, 6.45) is -0.285. The molecule has 6 nitrogen and oxygen atoms in total. The standard InChI is InChI=1S/C37H30Cl2F3N5O/c1-21(2)23-8-10-24(11-9-23)30-19-32(37(40,41)42)46-33(43-30)20-31(44-46)36(48)47-35(25-12-16-28(39)17-13-25)29-5-3-4-26(34(29)45-47)18-22-6-14-27(38)15-7-22/h6-21,29,35H,3-5H2,1-2H3/b26-18+/t29-,35+/m1/s1. The van der Waals surface area contributed by atoms with Crippen LogP contribution in [-0.2, 0) is 6.18 Å². The van der Waals surface area contributed by atoms with E-state index >= 15 is 0 Å². The van der Waals surface area contributed by atoms with E-state index < -0.39 is 23.8 Å². The van der Waals surface area contributed by atoms with Gasteiger partial charge in [0.2, 0.25) is 0 Å². The van der Waals surface area contributed by atoms with Crippen LogP contribution in [-0.4, -0.2) is 31.2 Å². The Morgan fingerprint density at radius 1 is 0.938 bits per heavy atom. The van der Waals surface area contributed by atoms with Crippen LogP contribution in [0.4, 0.5) is 13.2 Å². The van der Waals surface area contributed by atoms with Crippen molar-refractivity contribution in [3.63, 3.8) is 0 Å². The summed E-state index contributed by atoms with van der Waals surface area (Å²) >= 11 is 12.3. The monoisotopic (exact) mass is 687 g/mol. The van der Waals surface area contributed by atoms with Crippen molar-refractivity contribution in [2.24, 2.45) is 11.0 Å². The van der Waals surface area contributed by atoms with Gasteiger partial charge in [-0.05, 0) is 83.9 Å². The highest BCUT2D eigenvalue weighted by Crippen LogP contribution is 2.45. The second kappa shape index (κ2) is 12.5. The predicted octanol–water partition coefficient (Wildman–Crippen LogP) is 10.3. The van der Waals surface area contributed by atoms with Gasteiger partial charge >= 0.3 is 6.18 Å². The van der Waals surface area contributed by atoms with Gasteiger partial charge in [-0.2, -0.15) is 23.4 Å². The van der Waals surface area contributed by atoms with E-state index in [1.807, 2.05) is 68.5 Å². The van der Waals surface area contributed by atoms with E-state index in [-0.39, 0.29) is 28.9 Å². The molecule has 244 valence electrons. The van der Waals surface area contributed by atoms with Crippen molar-refractivity contribution in [3.8, 4) is 11.3 Å². The summed E-state index contributed by atoms with van der Waals surface area (Å²) in [6, 6.07) is 23.7. The molecule has 0 unspecified atom stereocenters. The molecule has 3 aromatic carbocycles. The highest BCUT2D eigenvalue weighted by molar-refractivity contribution is 6.30. The van der Waals surface area contributed by atoms with Crippen molar-refractivity contribution >= 4 is 46.5 Å². The molecule has 2 aliphatic rings. The minimum Gasteiger partial charge on any atom is -0.265 e. The van der Waals surface area contributed by atoms with Gasteiger partial charge in [0.15, 0.2) is 17.0 Å². The van der Waals surface area contributed by atoms with Gasteiger partial charge in [0.25, 0.3) is 5.91 Å². The van der Waals surface area contributed by atoms with Gasteiger partial charge in [-0.3, -0.25) is 4.79 Å². The van der Waals surface area contributed by atoms with Crippen LogP contribution >= 0.6 is 23.2 Å². The first-order chi connectivity index (χ1) is 23.0. The molecule has 2 aromatic heterocycles. The zero-order chi connectivity index (χ0) is 33.7. The van der Waals surface area contributed by atoms with Crippen molar-refractivity contribution in [1.29, 1.82) is 0 Å². The molecule has 1 fully saturated rings. The Kier molecular flexibility index (Phi) is 8.37. The number of carbonyl (C=O) groups excluding carboxylic acids is 1. The van der Waals surface area contributed by atoms with Crippen molar-refractivity contribution in [1.82, 2.24) is 19.6 Å². The first-order valence-electron chi connectivity index (χ1n) is 15.7. The van der Waals surface area contributed by atoms with Crippen molar-refractivity contribution in [2.75, 3.05) is 0 Å². The number of halogens is 5. The van der Waals surface area contributed by atoms with Gasteiger partial charge in [0, 0.05) is 27.6 Å². The molecule has 3 heterocycles. The van der Waals surface area contributed by atoms with E-state index in [1.54, 1.807) is 24.3 Å². The number of benzene rings is 3. The average Bonchev–Trinajstić information content (AvgIpc) is 3.68. The zero-order valence-corrected chi connectivity index (χ0v) is 27.6. The molecule has 11 heteroatoms. The Balaban J connectivity index is 1.32. The molecule has 1 aliphatic carbocycles. The fourth-order valence-electron chi connectivity index (χ4n) is 6.51. The minimum atomic E-state index is -4.75. The summed E-state index contributed by atoms with van der Waals surface area (Å²) in [6.45, 7) is 4.08. The fraction of sp³-hybridized carbons (Fsp3) is 0.243. The summed E-state index contributed by atoms with van der Waals surface area (Å²) in [5.74, 6) is -0.491. The van der Waals surface area contributed by atoms with E-state index in [1.165, 1.54) is 11.1 Å². The van der Waals surface area contributed by atoms with E-state index in [0.717, 1.165) is 53.3 Å². The maximum Gasteiger partial charge on any atom is 0.433 e. The molecule has 1 aliphatic heterocycles. The van der Waals surface area contributed by atoms with Crippen LogP contribution in [0.3, 0.4) is 0 Å². The SMILES string of the molecule is CC(C)c1ccc(-c2cc(C(F)(F)F)n3nc(C(=O)N4N=C5/C(=C/c6ccc(Cl)cc6)CCC[C@H]5[C@@H]4c4ccc(Cl)cc4)cc3n2)cc1. The summed E-state index contributed by atoms with van der Waals surface area (Å²) in [5, 5.41) is 11.6. The number of alkyl halides is 3. The highest BCUT2D eigenvalue weighted by atomic mass is 35.5. The van der Waals surface area contributed by atoms with Gasteiger partial charge in [0.1, 0.15) is 0 Å². The fourth-order valence-corrected chi connectivity index (χ4v) is 6.76. The summed E-state index contributed by atoms with van der Waals surface area (Å²) in [7, 11) is 0. The minimum absolute atomic E-state index is 0.0910. The van der Waals surface area contributed by atoms with E-state index in [9.17, 15) is 18.0 Å². The molecule has 1 amide bonds. The molecule has 0 saturated heterocycles. The van der Waals surface area contributed by atoms with Crippen LogP contribution in [0.2, 0.25) is 10.0 Å². The summed E-state index contributed by atoms with van der Waals surface area (Å²) in [5.41, 5.74) is 3.94. The molecule has 5 aromatic rings. The van der Waals surface area contributed by atoms with Gasteiger partial charge in [0.05, 0.1) is 17.4 Å². The summed E-state index contributed by atoms with van der Waals surface area (Å²) < 4.78 is 44.0. The maximum absolute atomic E-state index is 14.4. The maximum atomic E-state index is 14.4. The molecule has 48 heavy (non-hydrogen) atoms. The van der Waals surface area contributed by atoms with E-state index in [0.29, 0.717) is 20.1 Å². The number of hydrazone groups is 1. The van der Waals surface area contributed by atoms with Crippen LogP contribution in [0.1, 0.15) is 77.9 Å². The normalized spacial score (nSPS) is 18.9. The Morgan fingerprint density at radius 3 is 2.25 bits per heavy atom. The molecular weight excluding hydrogens is 658 g/mol. The highest BCUT2D eigenvalue weighted by Gasteiger charge is 2.45. The molecule has 0 radical (unpaired) electrons. The van der Waals surface area contributed by atoms with Crippen molar-refractivity contribution in [3.05, 3.63) is 129 Å². The van der Waals surface area contributed by atoms with Crippen LogP contribution in [0.5, 0.6) is 0 Å². The third-order valence-corrected chi connectivity index (χ3v) is 9.45. The van der Waals surface area contributed by atoms with Crippen LogP contribution in [0.25, 0.3) is 23.0 Å². The third kappa shape index (κ3) is 6.13. The van der Waals surface area contributed by atoms with E-state index in [4.69, 9.17) is 28.3 Å². The van der Waals surface area contributed by atoms with Crippen LogP contribution in [0, 0.1) is 5.92 Å². The first-order valence-corrected chi connectivity index (χ1v) is 16.4. The second-order valence-corrected chi connectivity index (χ2v) is 13.3. The second-order valence-electron chi connectivity index (χ2n) is 12.5. The molecule has 2 atom stereocenters. The molecule has 0 bridgehead atoms. The Morgan fingerprint density at radius 2 is 1.60 bits per heavy atom. The predicted molar refractivity (Wildman–Crippen MR) is 182 cm³/mol. The Bertz CT molecular complexity index is 2070. The number of amides is 1. The van der Waals surface area contributed by atoms with Gasteiger partial charge < -0.3 is 0 Å². The largest absolute Gasteiger partial charge is 0.433 e. The topological polar surface area (TPSA) is 62.9 Å². The number of aromatic nitrogens is 3. The number of allylic oxidation sites excluding steroid dienone is 1. The van der Waals surface area contributed by atoms with Crippen LogP contribution in [0.15, 0.2) is 95.6 Å². The average molecular weight is 689 g/mol. The summed E-state index contributed by atoms with van der Waals surface area (Å²) in [4.78, 5) is 18.8. The zero-order valence-electron chi connectivity index (χ0n) is 26.0. The van der Waals surface area contributed by atoms with E-state index in [2.05, 4.69) is 10.1 Å². The van der Waals surface area contributed by atoms with Crippen molar-refractivity contribution in [2.45, 2.75) is 51.2 Å². The van der Waals surface area contributed by atoms with Gasteiger partial charge in [-0.25, -0.2) is 14.5 Å². The first kappa shape index (κ1) is 32.1.